The van der Waals surface area contributed by atoms with Crippen LogP contribution in [0.3, 0.4) is 0 Å². The Hall–Kier alpha value is -4.90. The molecule has 0 bridgehead atoms. The highest BCUT2D eigenvalue weighted by atomic mass is 32.2. The first-order valence-electron chi connectivity index (χ1n) is 13.3. The van der Waals surface area contributed by atoms with E-state index in [2.05, 4.69) is 4.98 Å². The van der Waals surface area contributed by atoms with Gasteiger partial charge in [0.25, 0.3) is 0 Å². The Kier molecular flexibility index (Phi) is 9.15. The topological polar surface area (TPSA) is 65.8 Å². The molecule has 0 spiro atoms. The third-order valence-corrected chi connectivity index (χ3v) is 8.05. The van der Waals surface area contributed by atoms with Gasteiger partial charge >= 0.3 is 0 Å². The van der Waals surface area contributed by atoms with E-state index in [1.807, 2.05) is 18.0 Å². The van der Waals surface area contributed by atoms with E-state index in [1.54, 1.807) is 67.4 Å². The minimum atomic E-state index is -0.712. The van der Waals surface area contributed by atoms with Gasteiger partial charge in [-0.1, -0.05) is 36.0 Å². The number of hydrogen-bond acceptors (Lipinski definition) is 7. The molecule has 0 aliphatic carbocycles. The molecule has 0 amide bonds. The number of carbonyl (C=O) groups excluding carboxylic acids is 1. The van der Waals surface area contributed by atoms with Gasteiger partial charge in [-0.3, -0.25) is 9.36 Å². The zero-order valence-corrected chi connectivity index (χ0v) is 25.1. The molecule has 4 aromatic carbocycles. The van der Waals surface area contributed by atoms with Crippen LogP contribution in [0.15, 0.2) is 84.1 Å². The number of carbonyl (C=O) groups is 1. The van der Waals surface area contributed by atoms with Crippen molar-refractivity contribution < 1.29 is 32.2 Å². The maximum Gasteiger partial charge on any atom is 0.174 e. The van der Waals surface area contributed by atoms with Crippen LogP contribution >= 0.6 is 11.8 Å². The van der Waals surface area contributed by atoms with Crippen molar-refractivity contribution in [2.75, 3.05) is 33.3 Å². The summed E-state index contributed by atoms with van der Waals surface area (Å²) >= 11 is 1.12. The van der Waals surface area contributed by atoms with Crippen LogP contribution in [-0.4, -0.2) is 44.2 Å². The maximum absolute atomic E-state index is 15.3. The van der Waals surface area contributed by atoms with E-state index in [4.69, 9.17) is 14.2 Å². The van der Waals surface area contributed by atoms with Gasteiger partial charge in [-0.05, 0) is 47.5 Å². The van der Waals surface area contributed by atoms with Crippen molar-refractivity contribution in [3.63, 3.8) is 0 Å². The molecule has 0 unspecified atom stereocenters. The lowest BCUT2D eigenvalue weighted by Gasteiger charge is -2.23. The highest BCUT2D eigenvalue weighted by Gasteiger charge is 2.21. The maximum atomic E-state index is 15.3. The van der Waals surface area contributed by atoms with Gasteiger partial charge in [0, 0.05) is 41.7 Å². The second kappa shape index (κ2) is 13.2. The van der Waals surface area contributed by atoms with Crippen molar-refractivity contribution in [1.29, 1.82) is 0 Å². The number of hydrogen-bond donors (Lipinski definition) is 0. The Labute approximate surface area is 256 Å². The Bertz CT molecular complexity index is 1790. The van der Waals surface area contributed by atoms with Crippen molar-refractivity contribution in [1.82, 2.24) is 9.55 Å². The molecule has 11 heteroatoms. The number of anilines is 2. The minimum Gasteiger partial charge on any atom is -0.494 e. The van der Waals surface area contributed by atoms with Gasteiger partial charge in [0.2, 0.25) is 0 Å². The first-order chi connectivity index (χ1) is 21.3. The van der Waals surface area contributed by atoms with Crippen molar-refractivity contribution in [3.8, 4) is 34.1 Å². The van der Waals surface area contributed by atoms with Crippen LogP contribution in [0.1, 0.15) is 15.9 Å². The van der Waals surface area contributed by atoms with Gasteiger partial charge < -0.3 is 19.1 Å². The molecule has 0 saturated carbocycles. The van der Waals surface area contributed by atoms with Crippen molar-refractivity contribution in [3.05, 3.63) is 108 Å². The highest BCUT2D eigenvalue weighted by molar-refractivity contribution is 7.98. The van der Waals surface area contributed by atoms with E-state index in [-0.39, 0.29) is 17.1 Å². The summed E-state index contributed by atoms with van der Waals surface area (Å²) in [6, 6.07) is 18.8. The fraction of sp³-hybridized carbons (Fsp3) is 0.152. The molecule has 0 fully saturated rings. The molecule has 7 nitrogen and oxygen atoms in total. The number of aldehydes is 1. The van der Waals surface area contributed by atoms with Gasteiger partial charge in [-0.15, -0.1) is 0 Å². The normalized spacial score (nSPS) is 10.9. The standard InChI is InChI=1S/C33H28F3N3O4S/c1-38(23-10-12-29(41-2)31(15-23)43-4)32-17-37-33(39(32)24-9-11-26(34)30(16-24)42-3)44-19-25-27(35)13-22(14-28(25)36)21-7-5-20(18-40)6-8-21/h5-18H,19H2,1-4H3. The first-order valence-corrected chi connectivity index (χ1v) is 14.3. The molecule has 0 aliphatic rings. The van der Waals surface area contributed by atoms with Crippen LogP contribution in [-0.2, 0) is 5.75 Å². The summed E-state index contributed by atoms with van der Waals surface area (Å²) < 4.78 is 62.7. The van der Waals surface area contributed by atoms with Crippen molar-refractivity contribution >= 4 is 29.6 Å². The van der Waals surface area contributed by atoms with E-state index < -0.39 is 17.5 Å². The third kappa shape index (κ3) is 6.09. The minimum absolute atomic E-state index is 0.0284. The Morgan fingerprint density at radius 2 is 1.48 bits per heavy atom. The quantitative estimate of drug-likeness (QED) is 0.110. The van der Waals surface area contributed by atoms with Crippen molar-refractivity contribution in [2.45, 2.75) is 10.9 Å². The Morgan fingerprint density at radius 3 is 2.11 bits per heavy atom. The number of aromatic nitrogens is 2. The zero-order chi connectivity index (χ0) is 31.4. The number of methoxy groups -OCH3 is 3. The fourth-order valence-electron chi connectivity index (χ4n) is 4.66. The second-order valence-corrected chi connectivity index (χ2v) is 10.5. The average Bonchev–Trinajstić information content (AvgIpc) is 3.47. The molecule has 5 rings (SSSR count). The first kappa shape index (κ1) is 30.6. The molecular formula is C33H28F3N3O4S. The smallest absolute Gasteiger partial charge is 0.174 e. The number of thioether (sulfide) groups is 1. The number of imidazole rings is 1. The molecule has 0 aliphatic heterocycles. The van der Waals surface area contributed by atoms with E-state index in [0.717, 1.165) is 17.4 Å². The molecule has 0 radical (unpaired) electrons. The van der Waals surface area contributed by atoms with E-state index in [1.165, 1.54) is 31.4 Å². The van der Waals surface area contributed by atoms with Gasteiger partial charge in [0.1, 0.15) is 23.7 Å². The molecule has 44 heavy (non-hydrogen) atoms. The lowest BCUT2D eigenvalue weighted by atomic mass is 10.0. The molecule has 5 aromatic rings. The van der Waals surface area contributed by atoms with E-state index in [0.29, 0.717) is 51.1 Å². The van der Waals surface area contributed by atoms with E-state index >= 15 is 8.78 Å². The zero-order valence-electron chi connectivity index (χ0n) is 24.3. The van der Waals surface area contributed by atoms with Gasteiger partial charge in [-0.25, -0.2) is 18.2 Å². The van der Waals surface area contributed by atoms with Gasteiger partial charge in [-0.2, -0.15) is 0 Å². The number of halogens is 3. The van der Waals surface area contributed by atoms with Crippen LogP contribution in [0.2, 0.25) is 0 Å². The monoisotopic (exact) mass is 619 g/mol. The summed E-state index contributed by atoms with van der Waals surface area (Å²) in [5.41, 5.74) is 2.54. The molecule has 1 aromatic heterocycles. The fourth-order valence-corrected chi connectivity index (χ4v) is 5.66. The van der Waals surface area contributed by atoms with Crippen LogP contribution in [0.5, 0.6) is 17.2 Å². The molecule has 226 valence electrons. The summed E-state index contributed by atoms with van der Waals surface area (Å²) in [7, 11) is 6.28. The average molecular weight is 620 g/mol. The predicted octanol–water partition coefficient (Wildman–Crippen LogP) is 7.86. The predicted molar refractivity (Wildman–Crippen MR) is 164 cm³/mol. The number of ether oxygens (including phenoxy) is 3. The van der Waals surface area contributed by atoms with Crippen molar-refractivity contribution in [2.24, 2.45) is 0 Å². The number of rotatable bonds is 11. The molecular weight excluding hydrogens is 591 g/mol. The van der Waals surface area contributed by atoms with Gasteiger partial charge in [0.05, 0.1) is 33.2 Å². The lowest BCUT2D eigenvalue weighted by molar-refractivity contribution is 0.112. The van der Waals surface area contributed by atoms with E-state index in [9.17, 15) is 9.18 Å². The van der Waals surface area contributed by atoms with Gasteiger partial charge in [0.15, 0.2) is 28.2 Å². The Morgan fingerprint density at radius 1 is 0.795 bits per heavy atom. The lowest BCUT2D eigenvalue weighted by Crippen LogP contribution is -2.14. The third-order valence-electron chi connectivity index (χ3n) is 7.07. The largest absolute Gasteiger partial charge is 0.494 e. The SMILES string of the molecule is COc1cc(-n2c(N(C)c3ccc(OC)c(OC)c3)cnc2SCc2c(F)cc(-c3ccc(C=O)cc3)cc2F)ccc1F. The number of nitrogens with zero attached hydrogens (tertiary/aromatic N) is 3. The summed E-state index contributed by atoms with van der Waals surface area (Å²) in [5.74, 6) is -0.334. The van der Waals surface area contributed by atoms with Crippen LogP contribution in [0.4, 0.5) is 24.7 Å². The second-order valence-electron chi connectivity index (χ2n) is 9.60. The van der Waals surface area contributed by atoms with Crippen LogP contribution in [0, 0.1) is 17.5 Å². The number of benzene rings is 4. The molecule has 0 saturated heterocycles. The Balaban J connectivity index is 1.51. The summed E-state index contributed by atoms with van der Waals surface area (Å²) in [6.45, 7) is 0. The summed E-state index contributed by atoms with van der Waals surface area (Å²) in [6.07, 6.45) is 2.32. The summed E-state index contributed by atoms with van der Waals surface area (Å²) in [5, 5.41) is 0.410. The molecule has 1 heterocycles. The van der Waals surface area contributed by atoms with Crippen LogP contribution in [0.25, 0.3) is 16.8 Å². The van der Waals surface area contributed by atoms with Crippen LogP contribution < -0.4 is 19.1 Å². The highest BCUT2D eigenvalue weighted by Crippen LogP contribution is 2.38. The molecule has 0 atom stereocenters. The molecule has 0 N–H and O–H groups in total. The summed E-state index contributed by atoms with van der Waals surface area (Å²) in [4.78, 5) is 17.4.